The summed E-state index contributed by atoms with van der Waals surface area (Å²) in [5.74, 6) is 1.22. The molecule has 6 nitrogen and oxygen atoms in total. The van der Waals surface area contributed by atoms with Gasteiger partial charge in [0.2, 0.25) is 0 Å². The van der Waals surface area contributed by atoms with E-state index in [9.17, 15) is 0 Å². The van der Waals surface area contributed by atoms with E-state index in [1.807, 2.05) is 36.4 Å². The van der Waals surface area contributed by atoms with Gasteiger partial charge in [-0.3, -0.25) is 4.90 Å². The van der Waals surface area contributed by atoms with Crippen LogP contribution in [0.25, 0.3) is 23.1 Å². The average Bonchev–Trinajstić information content (AvgIpc) is 3.09. The normalized spacial score (nSPS) is 18.5. The number of likely N-dealkylation sites (N-methyl/N-ethyl adjacent to an activating group) is 1. The number of nitrogens with zero attached hydrogens (tertiary/aromatic N) is 4. The van der Waals surface area contributed by atoms with Crippen molar-refractivity contribution >= 4 is 35.5 Å². The maximum atomic E-state index is 5.35. The zero-order valence-electron chi connectivity index (χ0n) is 13.9. The lowest BCUT2D eigenvalue weighted by molar-refractivity contribution is 0.190. The molecule has 1 aliphatic heterocycles. The van der Waals surface area contributed by atoms with Crippen molar-refractivity contribution in [3.05, 3.63) is 53.8 Å². The molecule has 7 heteroatoms. The summed E-state index contributed by atoms with van der Waals surface area (Å²) >= 11 is 0. The Morgan fingerprint density at radius 3 is 2.92 bits per heavy atom. The molecule has 3 aromatic rings. The van der Waals surface area contributed by atoms with Gasteiger partial charge in [-0.2, -0.15) is 4.98 Å². The van der Waals surface area contributed by atoms with Crippen molar-refractivity contribution in [2.24, 2.45) is 0 Å². The van der Waals surface area contributed by atoms with E-state index in [4.69, 9.17) is 4.52 Å². The maximum Gasteiger partial charge on any atom is 0.250 e. The van der Waals surface area contributed by atoms with Crippen molar-refractivity contribution in [3.63, 3.8) is 0 Å². The molecule has 1 aliphatic rings. The molecule has 0 spiro atoms. The Morgan fingerprint density at radius 2 is 2.04 bits per heavy atom. The first-order valence-corrected chi connectivity index (χ1v) is 8.08. The number of rotatable bonds is 3. The smallest absolute Gasteiger partial charge is 0.250 e. The van der Waals surface area contributed by atoms with Crippen LogP contribution in [0, 0.1) is 0 Å². The van der Waals surface area contributed by atoms with Crippen molar-refractivity contribution in [2.45, 2.75) is 6.04 Å². The van der Waals surface area contributed by atoms with Gasteiger partial charge >= 0.3 is 0 Å². The van der Waals surface area contributed by atoms with Gasteiger partial charge in [0, 0.05) is 31.1 Å². The van der Waals surface area contributed by atoms with E-state index in [0.717, 1.165) is 42.1 Å². The van der Waals surface area contributed by atoms with Crippen molar-refractivity contribution in [1.29, 1.82) is 0 Å². The molecule has 1 unspecified atom stereocenters. The van der Waals surface area contributed by atoms with Crippen LogP contribution in [-0.2, 0) is 0 Å². The maximum absolute atomic E-state index is 5.35. The van der Waals surface area contributed by atoms with E-state index in [1.165, 1.54) is 0 Å². The highest BCUT2D eigenvalue weighted by atomic mass is 35.5. The fraction of sp³-hybridized carbons (Fsp3) is 0.278. The predicted molar refractivity (Wildman–Crippen MR) is 100 cm³/mol. The number of hydrogen-bond donors (Lipinski definition) is 1. The van der Waals surface area contributed by atoms with Gasteiger partial charge in [0.05, 0.1) is 17.3 Å². The number of fused-ring (bicyclic) bond motifs is 1. The number of nitrogens with one attached hydrogen (secondary N) is 1. The highest BCUT2D eigenvalue weighted by Crippen LogP contribution is 2.18. The van der Waals surface area contributed by atoms with Crippen LogP contribution in [0.15, 0.2) is 40.9 Å². The summed E-state index contributed by atoms with van der Waals surface area (Å²) in [6.45, 7) is 2.81. The molecule has 0 bridgehead atoms. The monoisotopic (exact) mass is 357 g/mol. The number of pyridine rings is 1. The number of hydrogen-bond acceptors (Lipinski definition) is 6. The number of piperazine rings is 1. The van der Waals surface area contributed by atoms with E-state index in [1.54, 1.807) is 0 Å². The molecule has 1 aromatic carbocycles. The minimum atomic E-state index is 0. The SMILES string of the molecule is CN1CCNCC1c1noc(/C=C/c2ccc3ccccc3n2)n1.Cl. The van der Waals surface area contributed by atoms with Crippen molar-refractivity contribution < 1.29 is 4.52 Å². The summed E-state index contributed by atoms with van der Waals surface area (Å²) < 4.78 is 5.35. The quantitative estimate of drug-likeness (QED) is 0.777. The summed E-state index contributed by atoms with van der Waals surface area (Å²) in [6, 6.07) is 12.2. The Balaban J connectivity index is 0.00000182. The summed E-state index contributed by atoms with van der Waals surface area (Å²) in [5, 5.41) is 8.60. The minimum absolute atomic E-state index is 0. The highest BCUT2D eigenvalue weighted by Gasteiger charge is 2.24. The Labute approximate surface area is 152 Å². The van der Waals surface area contributed by atoms with E-state index in [-0.39, 0.29) is 18.4 Å². The van der Waals surface area contributed by atoms with Gasteiger partial charge in [0.15, 0.2) is 5.82 Å². The first-order chi connectivity index (χ1) is 11.8. The second kappa shape index (κ2) is 7.74. The lowest BCUT2D eigenvalue weighted by atomic mass is 10.2. The summed E-state index contributed by atoms with van der Waals surface area (Å²) in [4.78, 5) is 11.3. The third kappa shape index (κ3) is 3.87. The molecule has 4 rings (SSSR count). The van der Waals surface area contributed by atoms with E-state index < -0.39 is 0 Å². The molecule has 2 aromatic heterocycles. The molecular weight excluding hydrogens is 338 g/mol. The fourth-order valence-corrected chi connectivity index (χ4v) is 2.88. The van der Waals surface area contributed by atoms with Crippen molar-refractivity contribution in [2.75, 3.05) is 26.7 Å². The molecule has 1 atom stereocenters. The van der Waals surface area contributed by atoms with Crippen LogP contribution in [0.2, 0.25) is 0 Å². The molecule has 0 amide bonds. The van der Waals surface area contributed by atoms with Gasteiger partial charge < -0.3 is 9.84 Å². The van der Waals surface area contributed by atoms with Crippen LogP contribution in [0.1, 0.15) is 23.5 Å². The Hall–Kier alpha value is -2.28. The van der Waals surface area contributed by atoms with E-state index in [2.05, 4.69) is 44.5 Å². The standard InChI is InChI=1S/C18H19N5O.ClH/c1-23-11-10-19-12-16(23)18-21-17(24-22-18)9-8-14-7-6-13-4-2-3-5-15(13)20-14;/h2-9,16,19H,10-12H2,1H3;1H/b9-8+;. The van der Waals surface area contributed by atoms with Crippen molar-refractivity contribution in [1.82, 2.24) is 25.3 Å². The first kappa shape index (κ1) is 17.5. The molecule has 0 saturated carbocycles. The third-order valence-corrected chi connectivity index (χ3v) is 4.28. The average molecular weight is 358 g/mol. The highest BCUT2D eigenvalue weighted by molar-refractivity contribution is 5.85. The fourth-order valence-electron chi connectivity index (χ4n) is 2.88. The minimum Gasteiger partial charge on any atom is -0.335 e. The van der Waals surface area contributed by atoms with Crippen LogP contribution < -0.4 is 5.32 Å². The number of halogens is 1. The van der Waals surface area contributed by atoms with Crippen LogP contribution in [0.4, 0.5) is 0 Å². The molecule has 130 valence electrons. The van der Waals surface area contributed by atoms with Crippen LogP contribution in [-0.4, -0.2) is 46.7 Å². The van der Waals surface area contributed by atoms with Crippen LogP contribution in [0.5, 0.6) is 0 Å². The van der Waals surface area contributed by atoms with Crippen molar-refractivity contribution in [3.8, 4) is 0 Å². The Bertz CT molecular complexity index is 879. The van der Waals surface area contributed by atoms with Crippen LogP contribution >= 0.6 is 12.4 Å². The van der Waals surface area contributed by atoms with Crippen LogP contribution in [0.3, 0.4) is 0 Å². The van der Waals surface area contributed by atoms with Gasteiger partial charge in [0.25, 0.3) is 5.89 Å². The number of aromatic nitrogens is 3. The summed E-state index contributed by atoms with van der Waals surface area (Å²) in [6.07, 6.45) is 3.70. The molecule has 0 radical (unpaired) electrons. The summed E-state index contributed by atoms with van der Waals surface area (Å²) in [7, 11) is 2.08. The number of benzene rings is 1. The molecule has 1 N–H and O–H groups in total. The number of para-hydroxylation sites is 1. The first-order valence-electron chi connectivity index (χ1n) is 8.08. The van der Waals surface area contributed by atoms with Gasteiger partial charge in [-0.15, -0.1) is 12.4 Å². The van der Waals surface area contributed by atoms with E-state index >= 15 is 0 Å². The van der Waals surface area contributed by atoms with Gasteiger partial charge in [0.1, 0.15) is 0 Å². The third-order valence-electron chi connectivity index (χ3n) is 4.28. The summed E-state index contributed by atoms with van der Waals surface area (Å²) in [5.41, 5.74) is 1.84. The van der Waals surface area contributed by atoms with Gasteiger partial charge in [-0.1, -0.05) is 29.4 Å². The molecule has 1 saturated heterocycles. The van der Waals surface area contributed by atoms with Gasteiger partial charge in [-0.05, 0) is 25.3 Å². The predicted octanol–water partition coefficient (Wildman–Crippen LogP) is 2.79. The Morgan fingerprint density at radius 1 is 1.16 bits per heavy atom. The second-order valence-electron chi connectivity index (χ2n) is 5.95. The molecular formula is C18H20ClN5O. The zero-order valence-corrected chi connectivity index (χ0v) is 14.7. The lowest BCUT2D eigenvalue weighted by Gasteiger charge is -2.30. The second-order valence-corrected chi connectivity index (χ2v) is 5.95. The molecule has 25 heavy (non-hydrogen) atoms. The lowest BCUT2D eigenvalue weighted by Crippen LogP contribution is -2.44. The molecule has 3 heterocycles. The van der Waals surface area contributed by atoms with Gasteiger partial charge in [-0.25, -0.2) is 4.98 Å². The topological polar surface area (TPSA) is 67.1 Å². The molecule has 0 aliphatic carbocycles. The van der Waals surface area contributed by atoms with E-state index in [0.29, 0.717) is 5.89 Å². The largest absolute Gasteiger partial charge is 0.335 e. The molecule has 1 fully saturated rings. The zero-order chi connectivity index (χ0) is 16.4. The Kier molecular flexibility index (Phi) is 5.43.